The van der Waals surface area contributed by atoms with E-state index in [2.05, 4.69) is 43.5 Å². The number of morpholine rings is 1. The molecule has 2 N–H and O–H groups in total. The topological polar surface area (TPSA) is 59.6 Å². The van der Waals surface area contributed by atoms with Crippen LogP contribution in [0.25, 0.3) is 0 Å². The summed E-state index contributed by atoms with van der Waals surface area (Å²) in [6.45, 7) is 11.1. The van der Waals surface area contributed by atoms with Gasteiger partial charge in [-0.25, -0.2) is 0 Å². The predicted octanol–water partition coefficient (Wildman–Crippen LogP) is 2.67. The van der Waals surface area contributed by atoms with Gasteiger partial charge in [0.15, 0.2) is 0 Å². The molecule has 0 bridgehead atoms. The molecule has 0 spiro atoms. The second-order valence-electron chi connectivity index (χ2n) is 7.48. The highest BCUT2D eigenvalue weighted by molar-refractivity contribution is 5.85. The number of halogens is 1. The Bertz CT molecular complexity index is 522. The summed E-state index contributed by atoms with van der Waals surface area (Å²) in [5.41, 5.74) is 1.41. The van der Waals surface area contributed by atoms with E-state index in [1.807, 2.05) is 19.1 Å². The van der Waals surface area contributed by atoms with Crippen LogP contribution in [-0.4, -0.2) is 44.4 Å². The molecule has 1 amide bonds. The summed E-state index contributed by atoms with van der Waals surface area (Å²) < 4.78 is 11.1. The third-order valence-electron chi connectivity index (χ3n) is 4.06. The quantitative estimate of drug-likeness (QED) is 0.808. The van der Waals surface area contributed by atoms with Crippen LogP contribution in [0.4, 0.5) is 0 Å². The van der Waals surface area contributed by atoms with Crippen LogP contribution in [0.3, 0.4) is 0 Å². The Balaban J connectivity index is 0.00000312. The zero-order chi connectivity index (χ0) is 17.6. The summed E-state index contributed by atoms with van der Waals surface area (Å²) in [4.78, 5) is 12.0. The normalized spacial score (nSPS) is 18.8. The van der Waals surface area contributed by atoms with Crippen molar-refractivity contribution in [1.29, 1.82) is 0 Å². The van der Waals surface area contributed by atoms with Crippen molar-refractivity contribution in [2.45, 2.75) is 51.6 Å². The van der Waals surface area contributed by atoms with Crippen LogP contribution < -0.4 is 15.4 Å². The van der Waals surface area contributed by atoms with Crippen LogP contribution in [0, 0.1) is 0 Å². The first kappa shape index (κ1) is 21.7. The Morgan fingerprint density at radius 3 is 2.60 bits per heavy atom. The molecule has 0 aliphatic carbocycles. The van der Waals surface area contributed by atoms with Gasteiger partial charge in [0.05, 0.1) is 19.3 Å². The van der Waals surface area contributed by atoms with Gasteiger partial charge in [-0.15, -0.1) is 12.4 Å². The van der Waals surface area contributed by atoms with Crippen molar-refractivity contribution in [3.05, 3.63) is 29.8 Å². The second kappa shape index (κ2) is 10.00. The van der Waals surface area contributed by atoms with Gasteiger partial charge in [-0.3, -0.25) is 4.79 Å². The number of ether oxygens (including phenoxy) is 2. The van der Waals surface area contributed by atoms with Gasteiger partial charge in [0.25, 0.3) is 0 Å². The first-order valence-electron chi connectivity index (χ1n) is 8.68. The Hall–Kier alpha value is -1.30. The molecule has 1 saturated heterocycles. The van der Waals surface area contributed by atoms with Crippen molar-refractivity contribution < 1.29 is 14.3 Å². The molecule has 25 heavy (non-hydrogen) atoms. The van der Waals surface area contributed by atoms with E-state index in [0.29, 0.717) is 19.6 Å². The van der Waals surface area contributed by atoms with E-state index in [0.717, 1.165) is 18.9 Å². The van der Waals surface area contributed by atoms with Crippen molar-refractivity contribution in [1.82, 2.24) is 10.6 Å². The van der Waals surface area contributed by atoms with Crippen LogP contribution in [0.5, 0.6) is 5.75 Å². The fourth-order valence-corrected chi connectivity index (χ4v) is 2.62. The van der Waals surface area contributed by atoms with E-state index in [-0.39, 0.29) is 35.8 Å². The Morgan fingerprint density at radius 2 is 2.04 bits per heavy atom. The Kier molecular flexibility index (Phi) is 8.69. The molecule has 5 nitrogen and oxygen atoms in total. The summed E-state index contributed by atoms with van der Waals surface area (Å²) in [5.74, 6) is 0.851. The summed E-state index contributed by atoms with van der Waals surface area (Å²) in [6, 6.07) is 8.22. The molecule has 1 aliphatic heterocycles. The SMILES string of the molecule is CC(COc1ccc(C(C)(C)C)cc1)NC(=O)CC1COCCN1.Cl. The number of hydrogen-bond donors (Lipinski definition) is 2. The zero-order valence-corrected chi connectivity index (χ0v) is 16.4. The highest BCUT2D eigenvalue weighted by atomic mass is 35.5. The molecule has 0 saturated carbocycles. The Morgan fingerprint density at radius 1 is 1.36 bits per heavy atom. The van der Waals surface area contributed by atoms with Crippen LogP contribution in [0.1, 0.15) is 39.7 Å². The third kappa shape index (κ3) is 7.63. The molecule has 1 aromatic rings. The van der Waals surface area contributed by atoms with Gasteiger partial charge in [-0.05, 0) is 30.0 Å². The lowest BCUT2D eigenvalue weighted by molar-refractivity contribution is -0.123. The minimum Gasteiger partial charge on any atom is -0.491 e. The summed E-state index contributed by atoms with van der Waals surface area (Å²) >= 11 is 0. The van der Waals surface area contributed by atoms with Crippen molar-refractivity contribution in [2.24, 2.45) is 0 Å². The molecule has 0 radical (unpaired) electrons. The number of hydrogen-bond acceptors (Lipinski definition) is 4. The molecular weight excluding hydrogens is 340 g/mol. The monoisotopic (exact) mass is 370 g/mol. The van der Waals surface area contributed by atoms with Gasteiger partial charge in [-0.1, -0.05) is 32.9 Å². The van der Waals surface area contributed by atoms with E-state index in [4.69, 9.17) is 9.47 Å². The van der Waals surface area contributed by atoms with Crippen molar-refractivity contribution in [3.8, 4) is 5.75 Å². The minimum atomic E-state index is -0.0377. The average molecular weight is 371 g/mol. The summed E-state index contributed by atoms with van der Waals surface area (Å²) in [7, 11) is 0. The third-order valence-corrected chi connectivity index (χ3v) is 4.06. The number of carbonyl (C=O) groups excluding carboxylic acids is 1. The van der Waals surface area contributed by atoms with Crippen LogP contribution >= 0.6 is 12.4 Å². The lowest BCUT2D eigenvalue weighted by atomic mass is 9.87. The molecule has 6 heteroatoms. The van der Waals surface area contributed by atoms with Gasteiger partial charge < -0.3 is 20.1 Å². The smallest absolute Gasteiger partial charge is 0.221 e. The highest BCUT2D eigenvalue weighted by Gasteiger charge is 2.18. The largest absolute Gasteiger partial charge is 0.491 e. The summed E-state index contributed by atoms with van der Waals surface area (Å²) in [6.07, 6.45) is 0.435. The zero-order valence-electron chi connectivity index (χ0n) is 15.6. The molecule has 2 unspecified atom stereocenters. The fraction of sp³-hybridized carbons (Fsp3) is 0.632. The van der Waals surface area contributed by atoms with E-state index < -0.39 is 0 Å². The molecule has 0 aromatic heterocycles. The molecule has 142 valence electrons. The van der Waals surface area contributed by atoms with Gasteiger partial charge in [0.2, 0.25) is 5.91 Å². The number of benzene rings is 1. The van der Waals surface area contributed by atoms with Crippen LogP contribution in [0.15, 0.2) is 24.3 Å². The van der Waals surface area contributed by atoms with Gasteiger partial charge in [-0.2, -0.15) is 0 Å². The van der Waals surface area contributed by atoms with Gasteiger partial charge >= 0.3 is 0 Å². The number of amides is 1. The molecular formula is C19H31ClN2O3. The molecule has 1 aliphatic rings. The van der Waals surface area contributed by atoms with E-state index in [1.165, 1.54) is 5.56 Å². The molecule has 1 heterocycles. The highest BCUT2D eigenvalue weighted by Crippen LogP contribution is 2.24. The molecule has 2 rings (SSSR count). The van der Waals surface area contributed by atoms with Crippen molar-refractivity contribution in [3.63, 3.8) is 0 Å². The molecule has 2 atom stereocenters. The number of rotatable bonds is 6. The lowest BCUT2D eigenvalue weighted by Crippen LogP contribution is -2.46. The average Bonchev–Trinajstić information content (AvgIpc) is 2.53. The summed E-state index contributed by atoms with van der Waals surface area (Å²) in [5, 5.41) is 6.25. The second-order valence-corrected chi connectivity index (χ2v) is 7.48. The Labute approximate surface area is 157 Å². The number of carbonyl (C=O) groups is 1. The molecule has 1 fully saturated rings. The predicted molar refractivity (Wildman–Crippen MR) is 103 cm³/mol. The van der Waals surface area contributed by atoms with E-state index in [1.54, 1.807) is 0 Å². The maximum Gasteiger partial charge on any atom is 0.221 e. The first-order valence-corrected chi connectivity index (χ1v) is 8.68. The maximum atomic E-state index is 12.0. The fourth-order valence-electron chi connectivity index (χ4n) is 2.62. The maximum absolute atomic E-state index is 12.0. The van der Waals surface area contributed by atoms with Gasteiger partial charge in [0.1, 0.15) is 12.4 Å². The molecule has 1 aromatic carbocycles. The minimum absolute atomic E-state index is 0. The van der Waals surface area contributed by atoms with Crippen molar-refractivity contribution >= 4 is 18.3 Å². The van der Waals surface area contributed by atoms with E-state index >= 15 is 0 Å². The van der Waals surface area contributed by atoms with E-state index in [9.17, 15) is 4.79 Å². The van der Waals surface area contributed by atoms with Crippen molar-refractivity contribution in [2.75, 3.05) is 26.4 Å². The number of nitrogens with one attached hydrogen (secondary N) is 2. The lowest BCUT2D eigenvalue weighted by Gasteiger charge is -2.24. The standard InChI is InChI=1S/C19H30N2O3.ClH/c1-14(21-18(22)11-16-13-23-10-9-20-16)12-24-17-7-5-15(6-8-17)19(2,3)4;/h5-8,14,16,20H,9-13H2,1-4H3,(H,21,22);1H. The first-order chi connectivity index (χ1) is 11.3. The van der Waals surface area contributed by atoms with Crippen LogP contribution in [-0.2, 0) is 14.9 Å². The van der Waals surface area contributed by atoms with Crippen LogP contribution in [0.2, 0.25) is 0 Å². The van der Waals surface area contributed by atoms with Gasteiger partial charge in [0, 0.05) is 19.0 Å².